The molecule has 0 radical (unpaired) electrons. The van der Waals surface area contributed by atoms with Gasteiger partial charge in [0.2, 0.25) is 0 Å². The van der Waals surface area contributed by atoms with Crippen molar-refractivity contribution in [3.63, 3.8) is 0 Å². The highest BCUT2D eigenvalue weighted by Gasteiger charge is 2.02. The highest BCUT2D eigenvalue weighted by molar-refractivity contribution is 9.10. The lowest BCUT2D eigenvalue weighted by Gasteiger charge is -2.06. The maximum atomic E-state index is 4.66. The van der Waals surface area contributed by atoms with Gasteiger partial charge in [-0.3, -0.25) is 4.99 Å². The van der Waals surface area contributed by atoms with Crippen molar-refractivity contribution < 1.29 is 0 Å². The molecule has 0 aliphatic rings. The van der Waals surface area contributed by atoms with E-state index in [0.717, 1.165) is 10.0 Å². The lowest BCUT2D eigenvalue weighted by molar-refractivity contribution is 0.825. The van der Waals surface area contributed by atoms with Crippen molar-refractivity contribution in [1.82, 2.24) is 0 Å². The van der Waals surface area contributed by atoms with Crippen molar-refractivity contribution in [1.29, 1.82) is 0 Å². The number of aliphatic imine (C=N–C) groups is 1. The first-order valence-electron chi connectivity index (χ1n) is 7.00. The predicted octanol–water partition coefficient (Wildman–Crippen LogP) is 5.78. The van der Waals surface area contributed by atoms with E-state index in [2.05, 4.69) is 94.6 Å². The van der Waals surface area contributed by atoms with Crippen LogP contribution in [0.2, 0.25) is 0 Å². The largest absolute Gasteiger partial charge is 0.285 e. The second-order valence-corrected chi connectivity index (χ2v) is 6.03. The Morgan fingerprint density at radius 3 is 2.38 bits per heavy atom. The minimum atomic E-state index is 0.157. The normalized spacial score (nSPS) is 12.9. The van der Waals surface area contributed by atoms with Crippen LogP contribution in [0.15, 0.2) is 76.2 Å². The average molecular weight is 338 g/mol. The molecule has 0 fully saturated rings. The molecule has 0 saturated carbocycles. The Labute approximate surface area is 133 Å². The van der Waals surface area contributed by atoms with Crippen LogP contribution in [0.5, 0.6) is 0 Å². The molecule has 0 aliphatic heterocycles. The molecule has 0 aliphatic carbocycles. The van der Waals surface area contributed by atoms with E-state index < -0.39 is 0 Å². The number of rotatable bonds is 3. The molecular formula is C19H16BrN. The van der Waals surface area contributed by atoms with Crippen LogP contribution in [-0.2, 0) is 0 Å². The predicted molar refractivity (Wildman–Crippen MR) is 94.1 cm³/mol. The minimum Gasteiger partial charge on any atom is -0.285 e. The fourth-order valence-corrected chi connectivity index (χ4v) is 2.58. The summed E-state index contributed by atoms with van der Waals surface area (Å²) in [6.45, 7) is 2.11. The van der Waals surface area contributed by atoms with Gasteiger partial charge in [-0.25, -0.2) is 0 Å². The summed E-state index contributed by atoms with van der Waals surface area (Å²) in [5.41, 5.74) is 2.35. The Hall–Kier alpha value is -1.93. The summed E-state index contributed by atoms with van der Waals surface area (Å²) in [5.74, 6) is 0. The number of fused-ring (bicyclic) bond motifs is 1. The lowest BCUT2D eigenvalue weighted by Crippen LogP contribution is -1.91. The summed E-state index contributed by atoms with van der Waals surface area (Å²) < 4.78 is 1.09. The SMILES string of the molecule is C[C@H](N=Cc1ccc2ccccc2c1)c1ccc(Br)cc1. The molecule has 1 atom stereocenters. The summed E-state index contributed by atoms with van der Waals surface area (Å²) in [6.07, 6.45) is 1.96. The van der Waals surface area contributed by atoms with E-state index in [1.807, 2.05) is 6.21 Å². The molecule has 3 aromatic rings. The van der Waals surface area contributed by atoms with E-state index in [1.54, 1.807) is 0 Å². The van der Waals surface area contributed by atoms with Crippen molar-refractivity contribution in [2.45, 2.75) is 13.0 Å². The molecule has 0 bridgehead atoms. The zero-order chi connectivity index (χ0) is 14.7. The first-order chi connectivity index (χ1) is 10.2. The van der Waals surface area contributed by atoms with E-state index in [-0.39, 0.29) is 6.04 Å². The molecule has 0 saturated heterocycles. The molecule has 3 rings (SSSR count). The number of halogens is 1. The van der Waals surface area contributed by atoms with Crippen molar-refractivity contribution >= 4 is 32.9 Å². The van der Waals surface area contributed by atoms with E-state index in [4.69, 9.17) is 0 Å². The van der Waals surface area contributed by atoms with Crippen LogP contribution in [0.3, 0.4) is 0 Å². The van der Waals surface area contributed by atoms with Crippen LogP contribution in [-0.4, -0.2) is 6.21 Å². The second kappa shape index (κ2) is 6.23. The first-order valence-corrected chi connectivity index (χ1v) is 7.79. The van der Waals surface area contributed by atoms with E-state index in [0.29, 0.717) is 0 Å². The topological polar surface area (TPSA) is 12.4 Å². The number of benzene rings is 3. The van der Waals surface area contributed by atoms with Crippen molar-refractivity contribution in [3.05, 3.63) is 82.3 Å². The highest BCUT2D eigenvalue weighted by atomic mass is 79.9. The van der Waals surface area contributed by atoms with Crippen molar-refractivity contribution in [2.24, 2.45) is 4.99 Å². The van der Waals surface area contributed by atoms with E-state index in [9.17, 15) is 0 Å². The van der Waals surface area contributed by atoms with Gasteiger partial charge >= 0.3 is 0 Å². The van der Waals surface area contributed by atoms with Gasteiger partial charge in [-0.05, 0) is 47.0 Å². The Balaban J connectivity index is 1.81. The molecule has 0 unspecified atom stereocenters. The fourth-order valence-electron chi connectivity index (χ4n) is 2.31. The molecular weight excluding hydrogens is 322 g/mol. The minimum absolute atomic E-state index is 0.157. The van der Waals surface area contributed by atoms with Gasteiger partial charge in [0, 0.05) is 10.7 Å². The summed E-state index contributed by atoms with van der Waals surface area (Å²) >= 11 is 3.45. The number of hydrogen-bond acceptors (Lipinski definition) is 1. The van der Waals surface area contributed by atoms with Gasteiger partial charge in [0.05, 0.1) is 6.04 Å². The van der Waals surface area contributed by atoms with Gasteiger partial charge in [-0.1, -0.05) is 64.5 Å². The van der Waals surface area contributed by atoms with Gasteiger partial charge < -0.3 is 0 Å². The molecule has 21 heavy (non-hydrogen) atoms. The van der Waals surface area contributed by atoms with E-state index >= 15 is 0 Å². The molecule has 2 heteroatoms. The van der Waals surface area contributed by atoms with Crippen molar-refractivity contribution in [2.75, 3.05) is 0 Å². The molecule has 104 valence electrons. The Morgan fingerprint density at radius 1 is 0.905 bits per heavy atom. The standard InChI is InChI=1S/C19H16BrN/c1-14(16-8-10-19(20)11-9-16)21-13-15-6-7-17-4-2-3-5-18(17)12-15/h2-14H,1H3/t14-/m0/s1. The molecule has 0 heterocycles. The zero-order valence-electron chi connectivity index (χ0n) is 11.8. The summed E-state index contributed by atoms with van der Waals surface area (Å²) in [6, 6.07) is 23.3. The van der Waals surface area contributed by atoms with Gasteiger partial charge in [-0.2, -0.15) is 0 Å². The summed E-state index contributed by atoms with van der Waals surface area (Å²) in [7, 11) is 0. The van der Waals surface area contributed by atoms with Crippen molar-refractivity contribution in [3.8, 4) is 0 Å². The summed E-state index contributed by atoms with van der Waals surface area (Å²) in [4.78, 5) is 4.66. The fraction of sp³-hybridized carbons (Fsp3) is 0.105. The second-order valence-electron chi connectivity index (χ2n) is 5.11. The Bertz CT molecular complexity index is 775. The monoisotopic (exact) mass is 337 g/mol. The zero-order valence-corrected chi connectivity index (χ0v) is 13.4. The quantitative estimate of drug-likeness (QED) is 0.537. The maximum absolute atomic E-state index is 4.66. The highest BCUT2D eigenvalue weighted by Crippen LogP contribution is 2.20. The van der Waals surface area contributed by atoms with Gasteiger partial charge in [-0.15, -0.1) is 0 Å². The molecule has 0 N–H and O–H groups in total. The molecule has 0 spiro atoms. The van der Waals surface area contributed by atoms with Gasteiger partial charge in [0.1, 0.15) is 0 Å². The van der Waals surface area contributed by atoms with Crippen LogP contribution in [0.4, 0.5) is 0 Å². The molecule has 0 aromatic heterocycles. The van der Waals surface area contributed by atoms with Crippen LogP contribution in [0, 0.1) is 0 Å². The third-order valence-corrected chi connectivity index (χ3v) is 4.10. The van der Waals surface area contributed by atoms with Crippen LogP contribution < -0.4 is 0 Å². The van der Waals surface area contributed by atoms with Gasteiger partial charge in [0.15, 0.2) is 0 Å². The number of hydrogen-bond donors (Lipinski definition) is 0. The van der Waals surface area contributed by atoms with Crippen LogP contribution in [0.1, 0.15) is 24.1 Å². The average Bonchev–Trinajstić information content (AvgIpc) is 2.53. The lowest BCUT2D eigenvalue weighted by atomic mass is 10.1. The van der Waals surface area contributed by atoms with Crippen LogP contribution >= 0.6 is 15.9 Å². The maximum Gasteiger partial charge on any atom is 0.0721 e. The Morgan fingerprint density at radius 2 is 1.62 bits per heavy atom. The smallest absolute Gasteiger partial charge is 0.0721 e. The third kappa shape index (κ3) is 3.40. The van der Waals surface area contributed by atoms with E-state index in [1.165, 1.54) is 16.3 Å². The third-order valence-electron chi connectivity index (χ3n) is 3.57. The van der Waals surface area contributed by atoms with Crippen LogP contribution in [0.25, 0.3) is 10.8 Å². The molecule has 1 nitrogen and oxygen atoms in total. The Kier molecular flexibility index (Phi) is 4.16. The molecule has 0 amide bonds. The number of nitrogens with zero attached hydrogens (tertiary/aromatic N) is 1. The van der Waals surface area contributed by atoms with Gasteiger partial charge in [0.25, 0.3) is 0 Å². The first kappa shape index (κ1) is 14.0. The summed E-state index contributed by atoms with van der Waals surface area (Å²) in [5, 5.41) is 2.51. The molecule has 3 aromatic carbocycles.